The molecule has 1 saturated carbocycles. The van der Waals surface area contributed by atoms with Crippen molar-refractivity contribution in [2.75, 3.05) is 36.5 Å². The van der Waals surface area contributed by atoms with Crippen molar-refractivity contribution in [1.82, 2.24) is 14.5 Å². The normalized spacial score (nSPS) is 21.5. The first-order valence-electron chi connectivity index (χ1n) is 10.8. The zero-order valence-electron chi connectivity index (χ0n) is 17.6. The van der Waals surface area contributed by atoms with Crippen molar-refractivity contribution >= 4 is 22.4 Å². The number of pyridine rings is 1. The highest BCUT2D eigenvalue weighted by Gasteiger charge is 2.24. The van der Waals surface area contributed by atoms with Crippen LogP contribution in [0.25, 0.3) is 22.2 Å². The molecule has 8 heteroatoms. The average Bonchev–Trinajstić information content (AvgIpc) is 3.21. The van der Waals surface area contributed by atoms with E-state index in [2.05, 4.69) is 39.5 Å². The van der Waals surface area contributed by atoms with E-state index in [1.807, 2.05) is 6.07 Å². The van der Waals surface area contributed by atoms with Gasteiger partial charge in [-0.25, -0.2) is 9.97 Å². The highest BCUT2D eigenvalue weighted by Crippen LogP contribution is 2.29. The third-order valence-corrected chi connectivity index (χ3v) is 6.19. The van der Waals surface area contributed by atoms with E-state index in [9.17, 15) is 9.90 Å². The summed E-state index contributed by atoms with van der Waals surface area (Å²) >= 11 is 0. The Hall–Kier alpha value is -2.97. The number of nitrogens with one attached hydrogen (secondary N) is 1. The molecular formula is C23H27N5O3. The second-order valence-corrected chi connectivity index (χ2v) is 8.37. The number of aliphatic hydroxyl groups is 1. The Bertz CT molecular complexity index is 1140. The van der Waals surface area contributed by atoms with Crippen molar-refractivity contribution in [1.29, 1.82) is 0 Å². The number of hydrogen-bond acceptors (Lipinski definition) is 7. The van der Waals surface area contributed by atoms with Gasteiger partial charge in [-0.1, -0.05) is 12.1 Å². The predicted molar refractivity (Wildman–Crippen MR) is 121 cm³/mol. The fourth-order valence-corrected chi connectivity index (χ4v) is 4.42. The number of aryl methyl sites for hydroxylation is 1. The maximum Gasteiger partial charge on any atom is 0.264 e. The summed E-state index contributed by atoms with van der Waals surface area (Å²) in [5.41, 5.74) is 3.39. The second kappa shape index (κ2) is 8.28. The molecule has 0 amide bonds. The van der Waals surface area contributed by atoms with Crippen LogP contribution in [0.1, 0.15) is 19.3 Å². The molecule has 0 spiro atoms. The van der Waals surface area contributed by atoms with Gasteiger partial charge in [-0.3, -0.25) is 4.79 Å². The standard InChI is InChI=1S/C23H27N5O3/c1-27-14-24-20-13-19(15-2-5-17(6-3-15)28-8-10-31-11-9-28)26-22(21(20)23(27)30)25-16-4-7-18(29)12-16/h2-3,5-6,13-14,16,18,29H,4,7-12H2,1H3,(H,25,26)/t16-,18+/m0/s1. The van der Waals surface area contributed by atoms with E-state index in [1.54, 1.807) is 13.4 Å². The Balaban J connectivity index is 1.53. The SMILES string of the molecule is Cn1cnc2cc(-c3ccc(N4CCOCC4)cc3)nc(N[C@H]3CC[C@@H](O)C3)c2c1=O. The van der Waals surface area contributed by atoms with Crippen molar-refractivity contribution < 1.29 is 9.84 Å². The Morgan fingerprint density at radius 3 is 2.65 bits per heavy atom. The molecule has 1 aromatic carbocycles. The molecule has 2 aromatic heterocycles. The van der Waals surface area contributed by atoms with E-state index in [1.165, 1.54) is 4.57 Å². The van der Waals surface area contributed by atoms with Crippen LogP contribution in [0.3, 0.4) is 0 Å². The molecule has 0 bridgehead atoms. The van der Waals surface area contributed by atoms with Crippen LogP contribution in [0.4, 0.5) is 11.5 Å². The molecule has 5 rings (SSSR count). The number of hydrogen-bond donors (Lipinski definition) is 2. The van der Waals surface area contributed by atoms with Crippen LogP contribution >= 0.6 is 0 Å². The quantitative estimate of drug-likeness (QED) is 0.667. The molecule has 1 aliphatic carbocycles. The number of fused-ring (bicyclic) bond motifs is 1. The van der Waals surface area contributed by atoms with E-state index in [-0.39, 0.29) is 17.7 Å². The van der Waals surface area contributed by atoms with Crippen LogP contribution < -0.4 is 15.8 Å². The minimum Gasteiger partial charge on any atom is -0.393 e. The fourth-order valence-electron chi connectivity index (χ4n) is 4.42. The van der Waals surface area contributed by atoms with Crippen molar-refractivity contribution in [2.45, 2.75) is 31.4 Å². The highest BCUT2D eigenvalue weighted by atomic mass is 16.5. The van der Waals surface area contributed by atoms with Gasteiger partial charge in [-0.2, -0.15) is 0 Å². The van der Waals surface area contributed by atoms with Gasteiger partial charge < -0.3 is 24.6 Å². The predicted octanol–water partition coefficient (Wildman–Crippen LogP) is 2.16. The number of aliphatic hydroxyl groups excluding tert-OH is 1. The summed E-state index contributed by atoms with van der Waals surface area (Å²) in [4.78, 5) is 24.4. The number of morpholine rings is 1. The summed E-state index contributed by atoms with van der Waals surface area (Å²) in [6, 6.07) is 10.3. The van der Waals surface area contributed by atoms with Gasteiger partial charge >= 0.3 is 0 Å². The first-order valence-corrected chi connectivity index (χ1v) is 10.8. The Labute approximate surface area is 180 Å². The van der Waals surface area contributed by atoms with Gasteiger partial charge in [0.05, 0.1) is 36.9 Å². The Kier molecular flexibility index (Phi) is 5.33. The molecular weight excluding hydrogens is 394 g/mol. The van der Waals surface area contributed by atoms with Crippen molar-refractivity contribution in [3.63, 3.8) is 0 Å². The second-order valence-electron chi connectivity index (χ2n) is 8.37. The zero-order chi connectivity index (χ0) is 21.4. The largest absolute Gasteiger partial charge is 0.393 e. The summed E-state index contributed by atoms with van der Waals surface area (Å²) in [6.45, 7) is 3.28. The summed E-state index contributed by atoms with van der Waals surface area (Å²) in [6.07, 6.45) is 3.50. The maximum absolute atomic E-state index is 12.8. The number of anilines is 2. The molecule has 2 aliphatic rings. The van der Waals surface area contributed by atoms with Crippen LogP contribution in [-0.2, 0) is 11.8 Å². The Morgan fingerprint density at radius 2 is 1.94 bits per heavy atom. The summed E-state index contributed by atoms with van der Waals surface area (Å²) < 4.78 is 6.91. The van der Waals surface area contributed by atoms with Crippen LogP contribution in [0.15, 0.2) is 41.5 Å². The number of aromatic nitrogens is 3. The molecule has 31 heavy (non-hydrogen) atoms. The van der Waals surface area contributed by atoms with Crippen molar-refractivity contribution in [2.24, 2.45) is 7.05 Å². The number of rotatable bonds is 4. The lowest BCUT2D eigenvalue weighted by Gasteiger charge is -2.28. The molecule has 2 fully saturated rings. The molecule has 3 heterocycles. The topological polar surface area (TPSA) is 92.5 Å². The molecule has 2 atom stereocenters. The molecule has 162 valence electrons. The average molecular weight is 422 g/mol. The van der Waals surface area contributed by atoms with E-state index in [0.717, 1.165) is 56.1 Å². The van der Waals surface area contributed by atoms with Gasteiger partial charge in [0, 0.05) is 37.4 Å². The highest BCUT2D eigenvalue weighted by molar-refractivity contribution is 5.91. The lowest BCUT2D eigenvalue weighted by molar-refractivity contribution is 0.122. The van der Waals surface area contributed by atoms with Gasteiger partial charge in [0.2, 0.25) is 0 Å². The van der Waals surface area contributed by atoms with E-state index < -0.39 is 0 Å². The molecule has 0 radical (unpaired) electrons. The minimum absolute atomic E-state index is 0.0922. The van der Waals surface area contributed by atoms with E-state index in [4.69, 9.17) is 9.72 Å². The number of nitrogens with zero attached hydrogens (tertiary/aromatic N) is 4. The van der Waals surface area contributed by atoms with Crippen LogP contribution in [0.5, 0.6) is 0 Å². The lowest BCUT2D eigenvalue weighted by Crippen LogP contribution is -2.36. The first-order chi connectivity index (χ1) is 15.1. The molecule has 2 N–H and O–H groups in total. The third-order valence-electron chi connectivity index (χ3n) is 6.19. The minimum atomic E-state index is -0.305. The van der Waals surface area contributed by atoms with Crippen LogP contribution in [0, 0.1) is 0 Å². The van der Waals surface area contributed by atoms with Gasteiger partial charge in [-0.05, 0) is 37.5 Å². The molecule has 3 aromatic rings. The van der Waals surface area contributed by atoms with Gasteiger partial charge in [-0.15, -0.1) is 0 Å². The number of benzene rings is 1. The van der Waals surface area contributed by atoms with Crippen LogP contribution in [0.2, 0.25) is 0 Å². The zero-order valence-corrected chi connectivity index (χ0v) is 17.6. The Morgan fingerprint density at radius 1 is 1.16 bits per heavy atom. The third kappa shape index (κ3) is 4.00. The monoisotopic (exact) mass is 421 g/mol. The lowest BCUT2D eigenvalue weighted by atomic mass is 10.1. The van der Waals surface area contributed by atoms with Gasteiger partial charge in [0.1, 0.15) is 11.2 Å². The molecule has 1 aliphatic heterocycles. The first kappa shape index (κ1) is 20.0. The summed E-state index contributed by atoms with van der Waals surface area (Å²) in [5.74, 6) is 0.539. The maximum atomic E-state index is 12.8. The summed E-state index contributed by atoms with van der Waals surface area (Å²) in [5, 5.41) is 13.8. The smallest absolute Gasteiger partial charge is 0.264 e. The van der Waals surface area contributed by atoms with Crippen molar-refractivity contribution in [3.8, 4) is 11.3 Å². The van der Waals surface area contributed by atoms with E-state index >= 15 is 0 Å². The number of ether oxygens (including phenoxy) is 1. The van der Waals surface area contributed by atoms with Crippen LogP contribution in [-0.4, -0.2) is 58.1 Å². The van der Waals surface area contributed by atoms with Gasteiger partial charge in [0.25, 0.3) is 5.56 Å². The van der Waals surface area contributed by atoms with Gasteiger partial charge in [0.15, 0.2) is 0 Å². The van der Waals surface area contributed by atoms with Crippen molar-refractivity contribution in [3.05, 3.63) is 47.0 Å². The fraction of sp³-hybridized carbons (Fsp3) is 0.435. The van der Waals surface area contributed by atoms with E-state index in [0.29, 0.717) is 23.1 Å². The molecule has 1 saturated heterocycles. The molecule has 0 unspecified atom stereocenters. The molecule has 8 nitrogen and oxygen atoms in total. The summed E-state index contributed by atoms with van der Waals surface area (Å²) in [7, 11) is 1.69.